The summed E-state index contributed by atoms with van der Waals surface area (Å²) in [5.74, 6) is -0.369. The third kappa shape index (κ3) is 4.23. The number of anilines is 1. The lowest BCUT2D eigenvalue weighted by atomic mass is 10.1. The van der Waals surface area contributed by atoms with E-state index < -0.39 is 11.2 Å². The summed E-state index contributed by atoms with van der Waals surface area (Å²) in [7, 11) is 0. The number of aromatic nitrogens is 3. The van der Waals surface area contributed by atoms with Crippen LogP contribution in [0.4, 0.5) is 5.69 Å². The van der Waals surface area contributed by atoms with Gasteiger partial charge in [-0.1, -0.05) is 47.5 Å². The van der Waals surface area contributed by atoms with Gasteiger partial charge in [0.25, 0.3) is 5.56 Å². The molecule has 0 aliphatic rings. The van der Waals surface area contributed by atoms with E-state index in [1.165, 1.54) is 10.8 Å². The predicted molar refractivity (Wildman–Crippen MR) is 125 cm³/mol. The van der Waals surface area contributed by atoms with Gasteiger partial charge in [0.15, 0.2) is 0 Å². The van der Waals surface area contributed by atoms with Crippen molar-refractivity contribution in [3.05, 3.63) is 104 Å². The highest BCUT2D eigenvalue weighted by Crippen LogP contribution is 2.16. The molecule has 7 nitrogen and oxygen atoms in total. The van der Waals surface area contributed by atoms with E-state index >= 15 is 0 Å². The van der Waals surface area contributed by atoms with Crippen molar-refractivity contribution in [2.75, 3.05) is 5.32 Å². The first-order valence-electron chi connectivity index (χ1n) is 10.3. The van der Waals surface area contributed by atoms with Crippen molar-refractivity contribution in [3.63, 3.8) is 0 Å². The lowest BCUT2D eigenvalue weighted by Gasteiger charge is -2.14. The van der Waals surface area contributed by atoms with Crippen LogP contribution in [0.1, 0.15) is 22.3 Å². The second-order valence-corrected chi connectivity index (χ2v) is 7.99. The van der Waals surface area contributed by atoms with Gasteiger partial charge in [-0.25, -0.2) is 9.78 Å². The molecule has 32 heavy (non-hydrogen) atoms. The van der Waals surface area contributed by atoms with Crippen LogP contribution < -0.4 is 16.6 Å². The standard InChI is InChI=1S/C25H24N4O3/c1-16-6-9-19(10-7-16)14-29-24(31)20-5-4-12-26-23(20)28(25(29)32)15-22(30)27-21-11-8-17(2)13-18(21)3/h4-13H,14-15H2,1-3H3,(H,27,30). The summed E-state index contributed by atoms with van der Waals surface area (Å²) < 4.78 is 2.41. The van der Waals surface area contributed by atoms with E-state index in [0.29, 0.717) is 11.1 Å². The van der Waals surface area contributed by atoms with Crippen LogP contribution in [0.15, 0.2) is 70.4 Å². The van der Waals surface area contributed by atoms with Crippen LogP contribution in [-0.2, 0) is 17.9 Å². The molecule has 7 heteroatoms. The fourth-order valence-corrected chi connectivity index (χ4v) is 3.69. The summed E-state index contributed by atoms with van der Waals surface area (Å²) in [5, 5.41) is 3.14. The Hall–Kier alpha value is -4.00. The number of pyridine rings is 1. The molecule has 2 aromatic heterocycles. The van der Waals surface area contributed by atoms with Gasteiger partial charge in [0, 0.05) is 11.9 Å². The monoisotopic (exact) mass is 428 g/mol. The van der Waals surface area contributed by atoms with Crippen molar-refractivity contribution in [1.29, 1.82) is 0 Å². The molecule has 162 valence electrons. The van der Waals surface area contributed by atoms with Crippen molar-refractivity contribution in [2.45, 2.75) is 33.9 Å². The smallest absolute Gasteiger partial charge is 0.324 e. The number of rotatable bonds is 5. The molecule has 2 heterocycles. The van der Waals surface area contributed by atoms with Gasteiger partial charge in [0.2, 0.25) is 5.91 Å². The number of fused-ring (bicyclic) bond motifs is 1. The Morgan fingerprint density at radius 2 is 1.66 bits per heavy atom. The lowest BCUT2D eigenvalue weighted by Crippen LogP contribution is -2.42. The minimum atomic E-state index is -0.572. The van der Waals surface area contributed by atoms with E-state index in [1.807, 2.05) is 63.2 Å². The first-order chi connectivity index (χ1) is 15.3. The molecule has 4 aromatic rings. The number of nitrogens with zero attached hydrogens (tertiary/aromatic N) is 3. The van der Waals surface area contributed by atoms with Gasteiger partial charge in [-0.2, -0.15) is 0 Å². The fraction of sp³-hybridized carbons (Fsp3) is 0.200. The molecule has 0 bridgehead atoms. The van der Waals surface area contributed by atoms with Crippen molar-refractivity contribution >= 4 is 22.6 Å². The Kier molecular flexibility index (Phi) is 5.73. The van der Waals surface area contributed by atoms with Crippen LogP contribution in [-0.4, -0.2) is 20.0 Å². The highest BCUT2D eigenvalue weighted by Gasteiger charge is 2.17. The molecule has 0 saturated carbocycles. The second kappa shape index (κ2) is 8.63. The molecule has 0 aliphatic carbocycles. The molecule has 0 radical (unpaired) electrons. The maximum absolute atomic E-state index is 13.3. The molecule has 1 N–H and O–H groups in total. The maximum Gasteiger partial charge on any atom is 0.333 e. The number of amides is 1. The summed E-state index contributed by atoms with van der Waals surface area (Å²) in [4.78, 5) is 43.4. The summed E-state index contributed by atoms with van der Waals surface area (Å²) in [6, 6.07) is 16.6. The van der Waals surface area contributed by atoms with Gasteiger partial charge < -0.3 is 5.32 Å². The number of nitrogens with one attached hydrogen (secondary N) is 1. The number of benzene rings is 2. The van der Waals surface area contributed by atoms with Crippen LogP contribution in [0.2, 0.25) is 0 Å². The molecule has 1 amide bonds. The van der Waals surface area contributed by atoms with Gasteiger partial charge in [-0.15, -0.1) is 0 Å². The Morgan fingerprint density at radius 1 is 0.938 bits per heavy atom. The first-order valence-corrected chi connectivity index (χ1v) is 10.3. The molecule has 0 fully saturated rings. The first kappa shape index (κ1) is 21.2. The maximum atomic E-state index is 13.3. The normalized spacial score (nSPS) is 11.0. The van der Waals surface area contributed by atoms with Crippen LogP contribution in [0, 0.1) is 20.8 Å². The third-order valence-corrected chi connectivity index (χ3v) is 5.40. The number of carbonyl (C=O) groups excluding carboxylic acids is 1. The second-order valence-electron chi connectivity index (χ2n) is 7.99. The zero-order valence-electron chi connectivity index (χ0n) is 18.3. The van der Waals surface area contributed by atoms with E-state index in [9.17, 15) is 14.4 Å². The Labute approximate surface area is 185 Å². The van der Waals surface area contributed by atoms with E-state index in [0.717, 1.165) is 26.8 Å². The predicted octanol–water partition coefficient (Wildman–Crippen LogP) is 3.17. The highest BCUT2D eigenvalue weighted by molar-refractivity contribution is 5.92. The molecular formula is C25H24N4O3. The molecule has 0 aliphatic heterocycles. The summed E-state index contributed by atoms with van der Waals surface area (Å²) in [6.45, 7) is 5.72. The molecular weight excluding hydrogens is 404 g/mol. The van der Waals surface area contributed by atoms with Crippen LogP contribution >= 0.6 is 0 Å². The quantitative estimate of drug-likeness (QED) is 0.529. The summed E-state index contributed by atoms with van der Waals surface area (Å²) in [5.41, 5.74) is 3.81. The van der Waals surface area contributed by atoms with Gasteiger partial charge >= 0.3 is 5.69 Å². The average molecular weight is 428 g/mol. The van der Waals surface area contributed by atoms with Gasteiger partial charge in [0.1, 0.15) is 12.2 Å². The van der Waals surface area contributed by atoms with Crippen LogP contribution in [0.5, 0.6) is 0 Å². The van der Waals surface area contributed by atoms with Crippen molar-refractivity contribution in [2.24, 2.45) is 0 Å². The third-order valence-electron chi connectivity index (χ3n) is 5.40. The van der Waals surface area contributed by atoms with Crippen LogP contribution in [0.3, 0.4) is 0 Å². The van der Waals surface area contributed by atoms with Crippen molar-refractivity contribution in [3.8, 4) is 0 Å². The fourth-order valence-electron chi connectivity index (χ4n) is 3.69. The number of carbonyl (C=O) groups is 1. The van der Waals surface area contributed by atoms with Crippen LogP contribution in [0.25, 0.3) is 11.0 Å². The van der Waals surface area contributed by atoms with Gasteiger partial charge in [-0.3, -0.25) is 18.7 Å². The largest absolute Gasteiger partial charge is 0.333 e. The van der Waals surface area contributed by atoms with Gasteiger partial charge in [-0.05, 0) is 50.1 Å². The minimum Gasteiger partial charge on any atom is -0.324 e. The molecule has 0 unspecified atom stereocenters. The Balaban J connectivity index is 1.74. The van der Waals surface area contributed by atoms with E-state index in [2.05, 4.69) is 10.3 Å². The van der Waals surface area contributed by atoms with E-state index in [1.54, 1.807) is 12.1 Å². The van der Waals surface area contributed by atoms with Crippen molar-refractivity contribution in [1.82, 2.24) is 14.1 Å². The van der Waals surface area contributed by atoms with Gasteiger partial charge in [0.05, 0.1) is 11.9 Å². The molecule has 0 atom stereocenters. The lowest BCUT2D eigenvalue weighted by molar-refractivity contribution is -0.116. The minimum absolute atomic E-state index is 0.113. The zero-order chi connectivity index (χ0) is 22.8. The Bertz CT molecular complexity index is 1430. The van der Waals surface area contributed by atoms with Crippen molar-refractivity contribution < 1.29 is 4.79 Å². The Morgan fingerprint density at radius 3 is 2.38 bits per heavy atom. The summed E-state index contributed by atoms with van der Waals surface area (Å²) >= 11 is 0. The summed E-state index contributed by atoms with van der Waals surface area (Å²) in [6.07, 6.45) is 1.50. The SMILES string of the molecule is Cc1ccc(Cn2c(=O)c3cccnc3n(CC(=O)Nc3ccc(C)cc3C)c2=O)cc1. The molecule has 2 aromatic carbocycles. The number of hydrogen-bond donors (Lipinski definition) is 1. The zero-order valence-corrected chi connectivity index (χ0v) is 18.3. The van der Waals surface area contributed by atoms with E-state index in [-0.39, 0.29) is 24.6 Å². The number of aryl methyl sites for hydroxylation is 3. The molecule has 4 rings (SSSR count). The molecule has 0 spiro atoms. The molecule has 0 saturated heterocycles. The topological polar surface area (TPSA) is 86.0 Å². The average Bonchev–Trinajstić information content (AvgIpc) is 2.77. The number of hydrogen-bond acceptors (Lipinski definition) is 4. The highest BCUT2D eigenvalue weighted by atomic mass is 16.2. The van der Waals surface area contributed by atoms with E-state index in [4.69, 9.17) is 0 Å².